The first kappa shape index (κ1) is 15.7. The van der Waals surface area contributed by atoms with Gasteiger partial charge in [-0.2, -0.15) is 0 Å². The highest BCUT2D eigenvalue weighted by Gasteiger charge is 2.15. The van der Waals surface area contributed by atoms with Crippen molar-refractivity contribution in [1.82, 2.24) is 10.6 Å². The van der Waals surface area contributed by atoms with Crippen LogP contribution in [-0.2, 0) is 9.53 Å². The Balaban J connectivity index is 3.56. The fraction of sp³-hybridized carbons (Fsp3) is 0.818. The van der Waals surface area contributed by atoms with Crippen molar-refractivity contribution < 1.29 is 14.3 Å². The van der Waals surface area contributed by atoms with Crippen molar-refractivity contribution in [2.24, 2.45) is 5.73 Å². The number of carbonyl (C=O) groups is 2. The van der Waals surface area contributed by atoms with Gasteiger partial charge in [0.15, 0.2) is 0 Å². The molecule has 17 heavy (non-hydrogen) atoms. The van der Waals surface area contributed by atoms with Gasteiger partial charge < -0.3 is 21.1 Å². The van der Waals surface area contributed by atoms with Crippen LogP contribution >= 0.6 is 0 Å². The van der Waals surface area contributed by atoms with Crippen LogP contribution in [0.2, 0.25) is 0 Å². The molecule has 0 aliphatic heterocycles. The second kappa shape index (κ2) is 7.89. The molecule has 6 heteroatoms. The van der Waals surface area contributed by atoms with Crippen molar-refractivity contribution in [1.29, 1.82) is 0 Å². The largest absolute Gasteiger partial charge is 0.444 e. The standard InChI is InChI=1S/C11H23N3O3/c1-11(2,3)17-10(16)14-8-5-9(15)13-7-4-6-12/h4-8,12H2,1-3H3,(H,13,15)(H,14,16). The lowest BCUT2D eigenvalue weighted by molar-refractivity contribution is -0.120. The summed E-state index contributed by atoms with van der Waals surface area (Å²) >= 11 is 0. The molecule has 0 heterocycles. The number of amides is 2. The molecular formula is C11H23N3O3. The molecule has 0 fully saturated rings. The molecule has 2 amide bonds. The second-order valence-corrected chi connectivity index (χ2v) is 4.67. The van der Waals surface area contributed by atoms with Gasteiger partial charge in [0.05, 0.1) is 0 Å². The maximum Gasteiger partial charge on any atom is 0.407 e. The van der Waals surface area contributed by atoms with Crippen molar-refractivity contribution in [3.05, 3.63) is 0 Å². The molecular weight excluding hydrogens is 222 g/mol. The smallest absolute Gasteiger partial charge is 0.407 e. The predicted molar refractivity (Wildman–Crippen MR) is 65.5 cm³/mol. The Kier molecular flexibility index (Phi) is 7.29. The summed E-state index contributed by atoms with van der Waals surface area (Å²) in [6.07, 6.45) is 0.488. The molecule has 4 N–H and O–H groups in total. The van der Waals surface area contributed by atoms with Crippen molar-refractivity contribution in [2.45, 2.75) is 39.2 Å². The molecule has 6 nitrogen and oxygen atoms in total. The average Bonchev–Trinajstić information content (AvgIpc) is 2.15. The maximum absolute atomic E-state index is 11.2. The monoisotopic (exact) mass is 245 g/mol. The van der Waals surface area contributed by atoms with Gasteiger partial charge >= 0.3 is 6.09 Å². The van der Waals surface area contributed by atoms with Crippen LogP contribution in [0.3, 0.4) is 0 Å². The third kappa shape index (κ3) is 11.0. The highest BCUT2D eigenvalue weighted by atomic mass is 16.6. The molecule has 0 saturated heterocycles. The summed E-state index contributed by atoms with van der Waals surface area (Å²) in [7, 11) is 0. The minimum atomic E-state index is -0.520. The van der Waals surface area contributed by atoms with Gasteiger partial charge in [0.25, 0.3) is 0 Å². The average molecular weight is 245 g/mol. The van der Waals surface area contributed by atoms with Gasteiger partial charge in [0, 0.05) is 19.5 Å². The van der Waals surface area contributed by atoms with Gasteiger partial charge in [-0.25, -0.2) is 4.79 Å². The molecule has 0 aromatic carbocycles. The number of alkyl carbamates (subject to hydrolysis) is 1. The first-order valence-corrected chi connectivity index (χ1v) is 5.79. The van der Waals surface area contributed by atoms with Crippen LogP contribution in [0, 0.1) is 0 Å². The fourth-order valence-electron chi connectivity index (χ4n) is 1.01. The molecule has 0 aromatic rings. The Morgan fingerprint density at radius 2 is 1.82 bits per heavy atom. The number of hydrogen-bond acceptors (Lipinski definition) is 4. The highest BCUT2D eigenvalue weighted by molar-refractivity contribution is 5.76. The second-order valence-electron chi connectivity index (χ2n) is 4.67. The Labute approximate surface area is 102 Å². The lowest BCUT2D eigenvalue weighted by Crippen LogP contribution is -2.35. The summed E-state index contributed by atoms with van der Waals surface area (Å²) in [5, 5.41) is 5.21. The van der Waals surface area contributed by atoms with Crippen molar-refractivity contribution in [3.8, 4) is 0 Å². The molecule has 0 bridgehead atoms. The molecule has 0 rings (SSSR count). The number of rotatable bonds is 6. The summed E-state index contributed by atoms with van der Waals surface area (Å²) in [6, 6.07) is 0. The quantitative estimate of drug-likeness (QED) is 0.589. The van der Waals surface area contributed by atoms with Gasteiger partial charge in [0.2, 0.25) is 5.91 Å². The maximum atomic E-state index is 11.2. The van der Waals surface area contributed by atoms with E-state index in [1.54, 1.807) is 20.8 Å². The van der Waals surface area contributed by atoms with Gasteiger partial charge in [0.1, 0.15) is 5.60 Å². The van der Waals surface area contributed by atoms with E-state index in [0.29, 0.717) is 13.1 Å². The Bertz CT molecular complexity index is 249. The lowest BCUT2D eigenvalue weighted by Gasteiger charge is -2.19. The number of nitrogens with two attached hydrogens (primary N) is 1. The molecule has 0 unspecified atom stereocenters. The normalized spacial score (nSPS) is 10.8. The van der Waals surface area contributed by atoms with E-state index < -0.39 is 11.7 Å². The molecule has 0 aromatic heterocycles. The Hall–Kier alpha value is -1.30. The molecule has 0 spiro atoms. The molecule has 0 atom stereocenters. The van der Waals surface area contributed by atoms with E-state index in [-0.39, 0.29) is 18.9 Å². The Morgan fingerprint density at radius 1 is 1.18 bits per heavy atom. The zero-order chi connectivity index (χ0) is 13.3. The highest BCUT2D eigenvalue weighted by Crippen LogP contribution is 2.06. The number of nitrogens with one attached hydrogen (secondary N) is 2. The predicted octanol–water partition coefficient (Wildman–Crippen LogP) is 0.366. The number of carbonyl (C=O) groups excluding carboxylic acids is 2. The number of hydrogen-bond donors (Lipinski definition) is 3. The van der Waals surface area contributed by atoms with Crippen LogP contribution < -0.4 is 16.4 Å². The van der Waals surface area contributed by atoms with Gasteiger partial charge in [-0.15, -0.1) is 0 Å². The fourth-order valence-corrected chi connectivity index (χ4v) is 1.01. The molecule has 0 aliphatic rings. The van der Waals surface area contributed by atoms with E-state index in [2.05, 4.69) is 10.6 Å². The van der Waals surface area contributed by atoms with E-state index in [9.17, 15) is 9.59 Å². The number of ether oxygens (including phenoxy) is 1. The van der Waals surface area contributed by atoms with Crippen LogP contribution in [0.25, 0.3) is 0 Å². The summed E-state index contributed by atoms with van der Waals surface area (Å²) < 4.78 is 5.02. The van der Waals surface area contributed by atoms with Crippen molar-refractivity contribution in [2.75, 3.05) is 19.6 Å². The van der Waals surface area contributed by atoms with Crippen LogP contribution in [0.5, 0.6) is 0 Å². The van der Waals surface area contributed by atoms with E-state index in [1.165, 1.54) is 0 Å². The third-order valence-corrected chi connectivity index (χ3v) is 1.72. The van der Waals surface area contributed by atoms with Gasteiger partial charge in [-0.3, -0.25) is 4.79 Å². The minimum Gasteiger partial charge on any atom is -0.444 e. The zero-order valence-corrected chi connectivity index (χ0v) is 10.8. The van der Waals surface area contributed by atoms with Crippen LogP contribution in [0.1, 0.15) is 33.6 Å². The first-order valence-electron chi connectivity index (χ1n) is 5.79. The van der Waals surface area contributed by atoms with Crippen LogP contribution in [-0.4, -0.2) is 37.2 Å². The van der Waals surface area contributed by atoms with E-state index >= 15 is 0 Å². The minimum absolute atomic E-state index is 0.102. The van der Waals surface area contributed by atoms with Crippen LogP contribution in [0.4, 0.5) is 4.79 Å². The summed E-state index contributed by atoms with van der Waals surface area (Å²) in [6.45, 7) is 6.74. The molecule has 0 radical (unpaired) electrons. The van der Waals surface area contributed by atoms with Crippen molar-refractivity contribution >= 4 is 12.0 Å². The lowest BCUT2D eigenvalue weighted by atomic mass is 10.2. The molecule has 0 aliphatic carbocycles. The van der Waals surface area contributed by atoms with Crippen molar-refractivity contribution in [3.63, 3.8) is 0 Å². The molecule has 0 saturated carbocycles. The van der Waals surface area contributed by atoms with Crippen LogP contribution in [0.15, 0.2) is 0 Å². The van der Waals surface area contributed by atoms with Gasteiger partial charge in [-0.1, -0.05) is 0 Å². The summed E-state index contributed by atoms with van der Waals surface area (Å²) in [5.74, 6) is -0.102. The zero-order valence-electron chi connectivity index (χ0n) is 10.8. The first-order chi connectivity index (χ1) is 7.85. The topological polar surface area (TPSA) is 93.4 Å². The summed E-state index contributed by atoms with van der Waals surface area (Å²) in [4.78, 5) is 22.5. The van der Waals surface area contributed by atoms with Gasteiger partial charge in [-0.05, 0) is 33.7 Å². The van der Waals surface area contributed by atoms with E-state index in [4.69, 9.17) is 10.5 Å². The molecule has 100 valence electrons. The Morgan fingerprint density at radius 3 is 2.35 bits per heavy atom. The van der Waals surface area contributed by atoms with E-state index in [1.807, 2.05) is 0 Å². The van der Waals surface area contributed by atoms with E-state index in [0.717, 1.165) is 6.42 Å². The third-order valence-electron chi connectivity index (χ3n) is 1.72. The summed E-state index contributed by atoms with van der Waals surface area (Å²) in [5.41, 5.74) is 4.77. The SMILES string of the molecule is CC(C)(C)OC(=O)NCCC(=O)NCCCN.